The van der Waals surface area contributed by atoms with E-state index in [4.69, 9.17) is 4.55 Å². The van der Waals surface area contributed by atoms with Gasteiger partial charge in [0.25, 0.3) is 0 Å². The average Bonchev–Trinajstić information content (AvgIpc) is 2.25. The molecule has 1 atom stereocenters. The van der Waals surface area contributed by atoms with Gasteiger partial charge in [-0.3, -0.25) is 0 Å². The second kappa shape index (κ2) is 5.36. The SMILES string of the molecule is COC(=O)c1cccc(OC(F)(F)F)c1S(=O)O. The molecule has 0 aliphatic heterocycles. The van der Waals surface area contributed by atoms with Crippen molar-refractivity contribution < 1.29 is 36.2 Å². The van der Waals surface area contributed by atoms with Crippen molar-refractivity contribution in [3.05, 3.63) is 23.8 Å². The molecule has 0 aromatic heterocycles. The van der Waals surface area contributed by atoms with Gasteiger partial charge in [0.2, 0.25) is 0 Å². The molecule has 0 aliphatic carbocycles. The van der Waals surface area contributed by atoms with Crippen molar-refractivity contribution in [1.82, 2.24) is 0 Å². The van der Waals surface area contributed by atoms with Gasteiger partial charge in [-0.1, -0.05) is 6.07 Å². The van der Waals surface area contributed by atoms with E-state index in [0.717, 1.165) is 25.3 Å². The van der Waals surface area contributed by atoms with Crippen LogP contribution < -0.4 is 4.74 Å². The van der Waals surface area contributed by atoms with Gasteiger partial charge in [0.15, 0.2) is 11.1 Å². The number of ether oxygens (including phenoxy) is 2. The van der Waals surface area contributed by atoms with E-state index in [1.165, 1.54) is 0 Å². The molecule has 0 saturated heterocycles. The Morgan fingerprint density at radius 3 is 2.44 bits per heavy atom. The second-order valence-corrected chi connectivity index (χ2v) is 3.83. The van der Waals surface area contributed by atoms with Crippen LogP contribution in [0.15, 0.2) is 23.1 Å². The Morgan fingerprint density at radius 2 is 2.00 bits per heavy atom. The molecule has 0 bridgehead atoms. The summed E-state index contributed by atoms with van der Waals surface area (Å²) >= 11 is -2.83. The van der Waals surface area contributed by atoms with Crippen LogP contribution in [-0.2, 0) is 15.8 Å². The maximum atomic E-state index is 12.1. The summed E-state index contributed by atoms with van der Waals surface area (Å²) < 4.78 is 64.0. The lowest BCUT2D eigenvalue weighted by Crippen LogP contribution is -2.19. The summed E-state index contributed by atoms with van der Waals surface area (Å²) in [5.41, 5.74) is -0.472. The van der Waals surface area contributed by atoms with E-state index in [9.17, 15) is 22.2 Å². The van der Waals surface area contributed by atoms with Crippen molar-refractivity contribution in [2.75, 3.05) is 7.11 Å². The molecule has 1 aromatic rings. The quantitative estimate of drug-likeness (QED) is 0.678. The van der Waals surface area contributed by atoms with E-state index in [1.807, 2.05) is 0 Å². The van der Waals surface area contributed by atoms with Crippen LogP contribution in [0.2, 0.25) is 0 Å². The fourth-order valence-corrected chi connectivity index (χ4v) is 1.79. The highest BCUT2D eigenvalue weighted by molar-refractivity contribution is 7.79. The Bertz CT molecular complexity index is 486. The minimum absolute atomic E-state index is 0.472. The molecule has 0 saturated carbocycles. The van der Waals surface area contributed by atoms with Gasteiger partial charge in [0.05, 0.1) is 12.7 Å². The van der Waals surface area contributed by atoms with Crippen molar-refractivity contribution in [3.63, 3.8) is 0 Å². The standard InChI is InChI=1S/C9H7F3O5S/c1-16-8(13)5-3-2-4-6(7(5)18(14)15)17-9(10,11)12/h2-4H,1H3,(H,14,15). The molecular weight excluding hydrogens is 277 g/mol. The van der Waals surface area contributed by atoms with Gasteiger partial charge in [-0.25, -0.2) is 9.00 Å². The molecule has 18 heavy (non-hydrogen) atoms. The molecule has 9 heteroatoms. The Labute approximate surface area is 102 Å². The van der Waals surface area contributed by atoms with E-state index < -0.39 is 39.6 Å². The summed E-state index contributed by atoms with van der Waals surface area (Å²) in [5, 5.41) is 0. The molecule has 0 radical (unpaired) electrons. The van der Waals surface area contributed by atoms with Gasteiger partial charge in [-0.05, 0) is 12.1 Å². The second-order valence-electron chi connectivity index (χ2n) is 2.92. The lowest BCUT2D eigenvalue weighted by Gasteiger charge is -2.13. The topological polar surface area (TPSA) is 72.8 Å². The van der Waals surface area contributed by atoms with Crippen LogP contribution in [0, 0.1) is 0 Å². The highest BCUT2D eigenvalue weighted by atomic mass is 32.2. The van der Waals surface area contributed by atoms with Crippen LogP contribution in [0.3, 0.4) is 0 Å². The van der Waals surface area contributed by atoms with Crippen molar-refractivity contribution >= 4 is 17.0 Å². The number of carbonyl (C=O) groups is 1. The van der Waals surface area contributed by atoms with Crippen LogP contribution in [-0.4, -0.2) is 28.2 Å². The molecule has 1 unspecified atom stereocenters. The van der Waals surface area contributed by atoms with Crippen LogP contribution in [0.1, 0.15) is 10.4 Å². The largest absolute Gasteiger partial charge is 0.573 e. The number of hydrogen-bond donors (Lipinski definition) is 1. The molecular formula is C9H7F3O5S. The fourth-order valence-electron chi connectivity index (χ4n) is 1.17. The Morgan fingerprint density at radius 1 is 1.39 bits per heavy atom. The minimum atomic E-state index is -5.04. The third kappa shape index (κ3) is 3.44. The lowest BCUT2D eigenvalue weighted by atomic mass is 10.2. The smallest absolute Gasteiger partial charge is 0.465 e. The van der Waals surface area contributed by atoms with E-state index in [2.05, 4.69) is 9.47 Å². The zero-order valence-corrected chi connectivity index (χ0v) is 9.67. The van der Waals surface area contributed by atoms with E-state index in [-0.39, 0.29) is 0 Å². The average molecular weight is 284 g/mol. The van der Waals surface area contributed by atoms with Gasteiger partial charge in [0.1, 0.15) is 10.6 Å². The van der Waals surface area contributed by atoms with Crippen LogP contribution >= 0.6 is 0 Å². The molecule has 0 aliphatic rings. The summed E-state index contributed by atoms with van der Waals surface area (Å²) in [6, 6.07) is 2.95. The third-order valence-corrected chi connectivity index (χ3v) is 2.55. The maximum absolute atomic E-state index is 12.1. The van der Waals surface area contributed by atoms with E-state index in [0.29, 0.717) is 0 Å². The Hall–Kier alpha value is -1.61. The molecule has 0 spiro atoms. The number of halogens is 3. The lowest BCUT2D eigenvalue weighted by molar-refractivity contribution is -0.275. The number of benzene rings is 1. The summed E-state index contributed by atoms with van der Waals surface area (Å²) in [6.45, 7) is 0. The van der Waals surface area contributed by atoms with Gasteiger partial charge in [0, 0.05) is 0 Å². The molecule has 0 fully saturated rings. The normalized spacial score (nSPS) is 12.9. The molecule has 0 heterocycles. The van der Waals surface area contributed by atoms with Gasteiger partial charge in [-0.2, -0.15) is 0 Å². The predicted octanol–water partition coefficient (Wildman–Crippen LogP) is 1.95. The molecule has 1 aromatic carbocycles. The third-order valence-electron chi connectivity index (χ3n) is 1.78. The first-order valence-corrected chi connectivity index (χ1v) is 5.45. The number of methoxy groups -OCH3 is 1. The monoisotopic (exact) mass is 284 g/mol. The fraction of sp³-hybridized carbons (Fsp3) is 0.222. The van der Waals surface area contributed by atoms with E-state index in [1.54, 1.807) is 0 Å². The van der Waals surface area contributed by atoms with Crippen LogP contribution in [0.4, 0.5) is 13.2 Å². The highest BCUT2D eigenvalue weighted by Crippen LogP contribution is 2.31. The number of carbonyl (C=O) groups excluding carboxylic acids is 1. The van der Waals surface area contributed by atoms with Crippen molar-refractivity contribution in [2.24, 2.45) is 0 Å². The Balaban J connectivity index is 3.35. The number of rotatable bonds is 3. The first-order valence-electron chi connectivity index (χ1n) is 4.34. The van der Waals surface area contributed by atoms with Crippen molar-refractivity contribution in [1.29, 1.82) is 0 Å². The van der Waals surface area contributed by atoms with Crippen LogP contribution in [0.25, 0.3) is 0 Å². The summed E-state index contributed by atoms with van der Waals surface area (Å²) in [7, 11) is 0.990. The first kappa shape index (κ1) is 14.5. The first-order chi connectivity index (χ1) is 8.26. The van der Waals surface area contributed by atoms with Gasteiger partial charge >= 0.3 is 12.3 Å². The van der Waals surface area contributed by atoms with Crippen LogP contribution in [0.5, 0.6) is 5.75 Å². The summed E-state index contributed by atoms with van der Waals surface area (Å²) in [5.74, 6) is -1.97. The maximum Gasteiger partial charge on any atom is 0.573 e. The van der Waals surface area contributed by atoms with Gasteiger partial charge < -0.3 is 14.0 Å². The van der Waals surface area contributed by atoms with Crippen molar-refractivity contribution in [3.8, 4) is 5.75 Å². The molecule has 100 valence electrons. The van der Waals surface area contributed by atoms with E-state index >= 15 is 0 Å². The summed E-state index contributed by atoms with van der Waals surface area (Å²) in [4.78, 5) is 10.5. The Kier molecular flexibility index (Phi) is 4.30. The predicted molar refractivity (Wildman–Crippen MR) is 53.5 cm³/mol. The van der Waals surface area contributed by atoms with Crippen molar-refractivity contribution in [2.45, 2.75) is 11.3 Å². The molecule has 5 nitrogen and oxygen atoms in total. The molecule has 1 rings (SSSR count). The summed E-state index contributed by atoms with van der Waals surface area (Å²) in [6.07, 6.45) is -5.04. The number of alkyl halides is 3. The molecule has 0 amide bonds. The zero-order chi connectivity index (χ0) is 13.9. The minimum Gasteiger partial charge on any atom is -0.465 e. The highest BCUT2D eigenvalue weighted by Gasteiger charge is 2.34. The number of hydrogen-bond acceptors (Lipinski definition) is 4. The number of esters is 1. The zero-order valence-electron chi connectivity index (χ0n) is 8.85. The molecule has 1 N–H and O–H groups in total. The van der Waals surface area contributed by atoms with Gasteiger partial charge in [-0.15, -0.1) is 13.2 Å².